The molecule has 5 heteroatoms. The maximum absolute atomic E-state index is 12.0. The van der Waals surface area contributed by atoms with Gasteiger partial charge in [0, 0.05) is 13.0 Å². The van der Waals surface area contributed by atoms with Crippen LogP contribution in [0.3, 0.4) is 0 Å². The van der Waals surface area contributed by atoms with Gasteiger partial charge in [-0.05, 0) is 31.0 Å². The van der Waals surface area contributed by atoms with Crippen molar-refractivity contribution in [3.05, 3.63) is 23.8 Å². The molecule has 1 amide bonds. The number of carbonyl (C=O) groups is 1. The van der Waals surface area contributed by atoms with Gasteiger partial charge in [0.05, 0.1) is 13.2 Å². The molecule has 0 N–H and O–H groups in total. The molecule has 0 radical (unpaired) electrons. The second kappa shape index (κ2) is 9.31. The van der Waals surface area contributed by atoms with Gasteiger partial charge in [-0.25, -0.2) is 0 Å². The van der Waals surface area contributed by atoms with Gasteiger partial charge in [0.25, 0.3) is 0 Å². The van der Waals surface area contributed by atoms with Gasteiger partial charge in [-0.3, -0.25) is 4.79 Å². The lowest BCUT2D eigenvalue weighted by atomic mass is 10.1. The quantitative estimate of drug-likeness (QED) is 0.544. The minimum atomic E-state index is -0.0318. The Bertz CT molecular complexity index is 585. The average molecular weight is 300 g/mol. The van der Waals surface area contributed by atoms with E-state index in [1.807, 2.05) is 25.1 Å². The summed E-state index contributed by atoms with van der Waals surface area (Å²) in [6.07, 6.45) is 6.09. The van der Waals surface area contributed by atoms with E-state index >= 15 is 0 Å². The van der Waals surface area contributed by atoms with Crippen molar-refractivity contribution in [3.63, 3.8) is 0 Å². The van der Waals surface area contributed by atoms with Crippen LogP contribution in [0.15, 0.2) is 18.2 Å². The van der Waals surface area contributed by atoms with E-state index in [0.29, 0.717) is 30.9 Å². The normalized spacial score (nSPS) is 9.45. The smallest absolute Gasteiger partial charge is 0.223 e. The number of benzene rings is 1. The van der Waals surface area contributed by atoms with Crippen LogP contribution in [-0.4, -0.2) is 37.6 Å². The molecule has 0 fully saturated rings. The number of aryl methyl sites for hydroxylation is 1. The van der Waals surface area contributed by atoms with E-state index in [9.17, 15) is 4.79 Å². The van der Waals surface area contributed by atoms with Crippen molar-refractivity contribution in [2.45, 2.75) is 19.8 Å². The fourth-order valence-electron chi connectivity index (χ4n) is 1.98. The molecule has 116 valence electrons. The maximum atomic E-state index is 12.0. The van der Waals surface area contributed by atoms with E-state index in [1.165, 1.54) is 4.90 Å². The van der Waals surface area contributed by atoms with Crippen LogP contribution in [0.25, 0.3) is 0 Å². The van der Waals surface area contributed by atoms with E-state index in [2.05, 4.69) is 5.92 Å². The molecule has 0 saturated carbocycles. The largest absolute Gasteiger partial charge is 0.493 e. The molecule has 1 aromatic carbocycles. The fourth-order valence-corrected chi connectivity index (χ4v) is 1.98. The predicted molar refractivity (Wildman–Crippen MR) is 83.5 cm³/mol. The standard InChI is InChI=1S/C17H20N2O3/c1-4-12-22-15-8-6-14(13-16(15)21-3)7-9-17(20)19(5-2)11-10-18/h1,6,8,13H,5,7,9,11-12H2,2-3H3. The molecule has 1 rings (SSSR count). The van der Waals surface area contributed by atoms with Crippen LogP contribution in [0.4, 0.5) is 0 Å². The summed E-state index contributed by atoms with van der Waals surface area (Å²) in [6.45, 7) is 2.69. The number of amides is 1. The summed E-state index contributed by atoms with van der Waals surface area (Å²) >= 11 is 0. The fraction of sp³-hybridized carbons (Fsp3) is 0.412. The molecule has 0 saturated heterocycles. The van der Waals surface area contributed by atoms with Crippen LogP contribution in [-0.2, 0) is 11.2 Å². The summed E-state index contributed by atoms with van der Waals surface area (Å²) in [5, 5.41) is 8.68. The van der Waals surface area contributed by atoms with Gasteiger partial charge in [0.15, 0.2) is 11.5 Å². The topological polar surface area (TPSA) is 62.6 Å². The highest BCUT2D eigenvalue weighted by Gasteiger charge is 2.12. The minimum Gasteiger partial charge on any atom is -0.493 e. The van der Waals surface area contributed by atoms with E-state index < -0.39 is 0 Å². The SMILES string of the molecule is C#CCOc1ccc(CCC(=O)N(CC)CC#N)cc1OC. The Kier molecular flexibility index (Phi) is 7.36. The van der Waals surface area contributed by atoms with Gasteiger partial charge >= 0.3 is 0 Å². The monoisotopic (exact) mass is 300 g/mol. The van der Waals surface area contributed by atoms with E-state index in [4.69, 9.17) is 21.2 Å². The van der Waals surface area contributed by atoms with E-state index in [0.717, 1.165) is 5.56 Å². The summed E-state index contributed by atoms with van der Waals surface area (Å²) in [6, 6.07) is 7.49. The lowest BCUT2D eigenvalue weighted by molar-refractivity contribution is -0.130. The van der Waals surface area contributed by atoms with Crippen LogP contribution in [0.1, 0.15) is 18.9 Å². The number of hydrogen-bond donors (Lipinski definition) is 0. The Morgan fingerprint density at radius 3 is 2.77 bits per heavy atom. The third-order valence-corrected chi connectivity index (χ3v) is 3.16. The van der Waals surface area contributed by atoms with Crippen molar-refractivity contribution in [1.82, 2.24) is 4.90 Å². The van der Waals surface area contributed by atoms with Crippen LogP contribution in [0.2, 0.25) is 0 Å². The first kappa shape index (κ1) is 17.4. The number of carbonyl (C=O) groups excluding carboxylic acids is 1. The maximum Gasteiger partial charge on any atom is 0.223 e. The number of nitriles is 1. The Balaban J connectivity index is 2.69. The molecule has 0 aliphatic rings. The van der Waals surface area contributed by atoms with Gasteiger partial charge in [0.2, 0.25) is 5.91 Å². The van der Waals surface area contributed by atoms with Crippen LogP contribution >= 0.6 is 0 Å². The number of terminal acetylenes is 1. The van der Waals surface area contributed by atoms with Gasteiger partial charge in [0.1, 0.15) is 13.2 Å². The zero-order valence-electron chi connectivity index (χ0n) is 13.0. The summed E-state index contributed by atoms with van der Waals surface area (Å²) in [7, 11) is 1.55. The number of methoxy groups -OCH3 is 1. The van der Waals surface area contributed by atoms with Crippen molar-refractivity contribution >= 4 is 5.91 Å². The molecular weight excluding hydrogens is 280 g/mol. The number of ether oxygens (including phenoxy) is 2. The lowest BCUT2D eigenvalue weighted by Crippen LogP contribution is -2.31. The van der Waals surface area contributed by atoms with Crippen molar-refractivity contribution in [1.29, 1.82) is 5.26 Å². The molecule has 0 aliphatic heterocycles. The van der Waals surface area contributed by atoms with Gasteiger partial charge in [-0.1, -0.05) is 12.0 Å². The Labute approximate surface area is 131 Å². The summed E-state index contributed by atoms with van der Waals surface area (Å²) < 4.78 is 10.6. The Morgan fingerprint density at radius 1 is 1.41 bits per heavy atom. The minimum absolute atomic E-state index is 0.0318. The summed E-state index contributed by atoms with van der Waals surface area (Å²) in [5.74, 6) is 3.53. The van der Waals surface area contributed by atoms with Crippen molar-refractivity contribution in [3.8, 4) is 29.9 Å². The molecule has 0 unspecified atom stereocenters. The first-order chi connectivity index (χ1) is 10.7. The third-order valence-electron chi connectivity index (χ3n) is 3.16. The van der Waals surface area contributed by atoms with Gasteiger partial charge in [-0.15, -0.1) is 6.42 Å². The first-order valence-corrected chi connectivity index (χ1v) is 7.04. The lowest BCUT2D eigenvalue weighted by Gasteiger charge is -2.17. The molecule has 0 spiro atoms. The zero-order chi connectivity index (χ0) is 16.4. The molecule has 1 aromatic rings. The highest BCUT2D eigenvalue weighted by atomic mass is 16.5. The van der Waals surface area contributed by atoms with Gasteiger partial charge in [-0.2, -0.15) is 5.26 Å². The number of nitrogens with zero attached hydrogens (tertiary/aromatic N) is 2. The highest BCUT2D eigenvalue weighted by molar-refractivity contribution is 5.76. The highest BCUT2D eigenvalue weighted by Crippen LogP contribution is 2.28. The first-order valence-electron chi connectivity index (χ1n) is 7.04. The predicted octanol–water partition coefficient (Wildman–Crippen LogP) is 2.01. The van der Waals surface area contributed by atoms with Crippen LogP contribution in [0.5, 0.6) is 11.5 Å². The van der Waals surface area contributed by atoms with Crippen molar-refractivity contribution in [2.24, 2.45) is 0 Å². The number of rotatable bonds is 8. The molecule has 22 heavy (non-hydrogen) atoms. The summed E-state index contributed by atoms with van der Waals surface area (Å²) in [5.41, 5.74) is 0.964. The number of hydrogen-bond acceptors (Lipinski definition) is 4. The molecular formula is C17H20N2O3. The molecule has 0 atom stereocenters. The average Bonchev–Trinajstić information content (AvgIpc) is 2.55. The van der Waals surface area contributed by atoms with Crippen LogP contribution in [0, 0.1) is 23.7 Å². The van der Waals surface area contributed by atoms with Crippen molar-refractivity contribution in [2.75, 3.05) is 26.8 Å². The summed E-state index contributed by atoms with van der Waals surface area (Å²) in [4.78, 5) is 13.5. The molecule has 5 nitrogen and oxygen atoms in total. The molecule has 0 bridgehead atoms. The Hall–Kier alpha value is -2.66. The molecule has 0 aromatic heterocycles. The van der Waals surface area contributed by atoms with Gasteiger partial charge < -0.3 is 14.4 Å². The third kappa shape index (κ3) is 5.03. The molecule has 0 heterocycles. The van der Waals surface area contributed by atoms with E-state index in [-0.39, 0.29) is 19.1 Å². The zero-order valence-corrected chi connectivity index (χ0v) is 13.0. The van der Waals surface area contributed by atoms with E-state index in [1.54, 1.807) is 13.2 Å². The Morgan fingerprint density at radius 2 is 2.18 bits per heavy atom. The van der Waals surface area contributed by atoms with Crippen molar-refractivity contribution < 1.29 is 14.3 Å². The second-order valence-electron chi connectivity index (χ2n) is 4.54. The van der Waals surface area contributed by atoms with Crippen LogP contribution < -0.4 is 9.47 Å². The molecule has 0 aliphatic carbocycles. The second-order valence-corrected chi connectivity index (χ2v) is 4.54.